The van der Waals surface area contributed by atoms with Crippen LogP contribution in [0.5, 0.6) is 5.75 Å². The van der Waals surface area contributed by atoms with E-state index in [-0.39, 0.29) is 11.7 Å². The number of hydrogen-bond acceptors (Lipinski definition) is 4. The van der Waals surface area contributed by atoms with Crippen molar-refractivity contribution in [3.05, 3.63) is 30.1 Å². The molecule has 0 radical (unpaired) electrons. The predicted molar refractivity (Wildman–Crippen MR) is 56.8 cm³/mol. The van der Waals surface area contributed by atoms with E-state index in [1.807, 2.05) is 13.0 Å². The van der Waals surface area contributed by atoms with Gasteiger partial charge in [-0.3, -0.25) is 0 Å². The first-order valence-corrected chi connectivity index (χ1v) is 4.71. The van der Waals surface area contributed by atoms with Crippen LogP contribution in [0, 0.1) is 0 Å². The van der Waals surface area contributed by atoms with Gasteiger partial charge in [-0.15, -0.1) is 5.10 Å². The van der Waals surface area contributed by atoms with E-state index < -0.39 is 0 Å². The third-order valence-electron chi connectivity index (χ3n) is 2.08. The molecular formula is C10H12N4O. The lowest BCUT2D eigenvalue weighted by Gasteiger charge is -2.03. The number of phenolic OH excluding ortho intramolecular Hbond substituents is 1. The molecular weight excluding hydrogens is 192 g/mol. The van der Waals surface area contributed by atoms with Gasteiger partial charge in [0.25, 0.3) is 0 Å². The van der Waals surface area contributed by atoms with Crippen LogP contribution in [-0.4, -0.2) is 19.9 Å². The van der Waals surface area contributed by atoms with Crippen LogP contribution >= 0.6 is 0 Å². The lowest BCUT2D eigenvalue weighted by molar-refractivity contribution is 0.474. The Morgan fingerprint density at radius 1 is 1.47 bits per heavy atom. The Bertz CT molecular complexity index is 478. The second-order valence-electron chi connectivity index (χ2n) is 3.17. The van der Waals surface area contributed by atoms with Gasteiger partial charge in [-0.1, -0.05) is 13.0 Å². The van der Waals surface area contributed by atoms with Crippen molar-refractivity contribution < 1.29 is 5.11 Å². The molecule has 0 amide bonds. The second-order valence-corrected chi connectivity index (χ2v) is 3.17. The van der Waals surface area contributed by atoms with Crippen LogP contribution in [0.2, 0.25) is 0 Å². The van der Waals surface area contributed by atoms with Gasteiger partial charge in [-0.25, -0.2) is 4.68 Å². The second kappa shape index (κ2) is 3.61. The van der Waals surface area contributed by atoms with Crippen LogP contribution in [0.1, 0.15) is 12.7 Å². The molecule has 0 aliphatic carbocycles. The van der Waals surface area contributed by atoms with Gasteiger partial charge in [0, 0.05) is 12.5 Å². The molecule has 5 nitrogen and oxygen atoms in total. The van der Waals surface area contributed by atoms with Crippen molar-refractivity contribution >= 4 is 5.95 Å². The highest BCUT2D eigenvalue weighted by atomic mass is 16.3. The maximum atomic E-state index is 9.35. The zero-order valence-electron chi connectivity index (χ0n) is 8.38. The van der Waals surface area contributed by atoms with Gasteiger partial charge in [-0.05, 0) is 12.1 Å². The molecule has 0 saturated carbocycles. The molecule has 1 heterocycles. The van der Waals surface area contributed by atoms with Gasteiger partial charge in [0.1, 0.15) is 11.6 Å². The average Bonchev–Trinajstić information content (AvgIpc) is 2.59. The van der Waals surface area contributed by atoms with Crippen molar-refractivity contribution in [3.63, 3.8) is 0 Å². The van der Waals surface area contributed by atoms with E-state index >= 15 is 0 Å². The summed E-state index contributed by atoms with van der Waals surface area (Å²) in [7, 11) is 0. The summed E-state index contributed by atoms with van der Waals surface area (Å²) in [6, 6.07) is 6.82. The Morgan fingerprint density at radius 3 is 2.93 bits per heavy atom. The quantitative estimate of drug-likeness (QED) is 0.768. The minimum absolute atomic E-state index is 0.198. The summed E-state index contributed by atoms with van der Waals surface area (Å²) in [4.78, 5) is 4.08. The van der Waals surface area contributed by atoms with Crippen molar-refractivity contribution in [3.8, 4) is 11.4 Å². The Labute approximate surface area is 87.2 Å². The van der Waals surface area contributed by atoms with E-state index in [4.69, 9.17) is 5.73 Å². The smallest absolute Gasteiger partial charge is 0.240 e. The number of rotatable bonds is 2. The van der Waals surface area contributed by atoms with Crippen molar-refractivity contribution in [1.29, 1.82) is 0 Å². The van der Waals surface area contributed by atoms with Crippen LogP contribution in [0.4, 0.5) is 5.95 Å². The fraction of sp³-hybridized carbons (Fsp3) is 0.200. The molecule has 0 atom stereocenters. The number of phenols is 1. The maximum Gasteiger partial charge on any atom is 0.240 e. The minimum Gasteiger partial charge on any atom is -0.508 e. The number of nitrogen functional groups attached to an aromatic ring is 1. The molecule has 0 spiro atoms. The van der Waals surface area contributed by atoms with Crippen molar-refractivity contribution in [1.82, 2.24) is 14.8 Å². The predicted octanol–water partition coefficient (Wildman–Crippen LogP) is 1.12. The van der Waals surface area contributed by atoms with Crippen molar-refractivity contribution in [2.24, 2.45) is 0 Å². The molecule has 2 rings (SSSR count). The van der Waals surface area contributed by atoms with Gasteiger partial charge in [0.15, 0.2) is 0 Å². The fourth-order valence-electron chi connectivity index (χ4n) is 1.42. The molecule has 3 N–H and O–H groups in total. The summed E-state index contributed by atoms with van der Waals surface area (Å²) in [5.41, 5.74) is 6.29. The lowest BCUT2D eigenvalue weighted by Crippen LogP contribution is -2.01. The molecule has 5 heteroatoms. The first-order valence-electron chi connectivity index (χ1n) is 4.71. The fourth-order valence-corrected chi connectivity index (χ4v) is 1.42. The van der Waals surface area contributed by atoms with Crippen LogP contribution in [0.3, 0.4) is 0 Å². The zero-order valence-corrected chi connectivity index (χ0v) is 8.38. The molecule has 0 aliphatic heterocycles. The van der Waals surface area contributed by atoms with Crippen molar-refractivity contribution in [2.75, 3.05) is 5.73 Å². The molecule has 1 aromatic carbocycles. The summed E-state index contributed by atoms with van der Waals surface area (Å²) < 4.78 is 1.63. The SMILES string of the molecule is CCc1nc(N)nn1-c1cccc(O)c1. The standard InChI is InChI=1S/C10H12N4O/c1-2-9-12-10(11)13-14(9)7-4-3-5-8(15)6-7/h3-6,15H,2H2,1H3,(H2,11,13). The minimum atomic E-state index is 0.198. The molecule has 0 saturated heterocycles. The van der Waals surface area contributed by atoms with Gasteiger partial charge in [0.05, 0.1) is 5.69 Å². The number of nitrogens with two attached hydrogens (primary N) is 1. The Balaban J connectivity index is 2.53. The van der Waals surface area contributed by atoms with E-state index in [2.05, 4.69) is 10.1 Å². The van der Waals surface area contributed by atoms with Gasteiger partial charge in [0.2, 0.25) is 5.95 Å². The maximum absolute atomic E-state index is 9.35. The van der Waals surface area contributed by atoms with Gasteiger partial charge < -0.3 is 10.8 Å². The topological polar surface area (TPSA) is 77.0 Å². The summed E-state index contributed by atoms with van der Waals surface area (Å²) in [6.45, 7) is 1.97. The van der Waals surface area contributed by atoms with Crippen LogP contribution in [0.15, 0.2) is 24.3 Å². The Morgan fingerprint density at radius 2 is 2.27 bits per heavy atom. The molecule has 2 aromatic rings. The molecule has 0 unspecified atom stereocenters. The molecule has 1 aromatic heterocycles. The third-order valence-corrected chi connectivity index (χ3v) is 2.08. The highest BCUT2D eigenvalue weighted by Gasteiger charge is 2.07. The van der Waals surface area contributed by atoms with E-state index in [9.17, 15) is 5.11 Å². The Hall–Kier alpha value is -2.04. The van der Waals surface area contributed by atoms with E-state index in [1.165, 1.54) is 0 Å². The lowest BCUT2D eigenvalue weighted by atomic mass is 10.3. The summed E-state index contributed by atoms with van der Waals surface area (Å²) >= 11 is 0. The van der Waals surface area contributed by atoms with Crippen molar-refractivity contribution in [2.45, 2.75) is 13.3 Å². The first kappa shape index (κ1) is 9.51. The summed E-state index contributed by atoms with van der Waals surface area (Å²) in [5.74, 6) is 1.22. The first-order chi connectivity index (χ1) is 7.20. The number of anilines is 1. The summed E-state index contributed by atoms with van der Waals surface area (Å²) in [6.07, 6.45) is 0.736. The summed E-state index contributed by atoms with van der Waals surface area (Å²) in [5, 5.41) is 13.4. The third kappa shape index (κ3) is 1.76. The van der Waals surface area contributed by atoms with Crippen LogP contribution < -0.4 is 5.73 Å². The van der Waals surface area contributed by atoms with Crippen LogP contribution in [0.25, 0.3) is 5.69 Å². The zero-order chi connectivity index (χ0) is 10.8. The van der Waals surface area contributed by atoms with E-state index in [1.54, 1.807) is 22.9 Å². The number of aryl methyl sites for hydroxylation is 1. The number of nitrogens with zero attached hydrogens (tertiary/aromatic N) is 3. The molecule has 0 aliphatic rings. The molecule has 0 fully saturated rings. The molecule has 0 bridgehead atoms. The highest BCUT2D eigenvalue weighted by Crippen LogP contribution is 2.16. The monoisotopic (exact) mass is 204 g/mol. The Kier molecular flexibility index (Phi) is 2.29. The number of benzene rings is 1. The molecule has 78 valence electrons. The van der Waals surface area contributed by atoms with E-state index in [0.29, 0.717) is 0 Å². The van der Waals surface area contributed by atoms with Gasteiger partial charge >= 0.3 is 0 Å². The highest BCUT2D eigenvalue weighted by molar-refractivity contribution is 5.39. The largest absolute Gasteiger partial charge is 0.508 e. The number of aromatic nitrogens is 3. The number of hydrogen-bond donors (Lipinski definition) is 2. The average molecular weight is 204 g/mol. The van der Waals surface area contributed by atoms with Crippen LogP contribution in [-0.2, 0) is 6.42 Å². The van der Waals surface area contributed by atoms with E-state index in [0.717, 1.165) is 17.9 Å². The molecule has 15 heavy (non-hydrogen) atoms. The normalized spacial score (nSPS) is 10.5. The number of aromatic hydroxyl groups is 1. The van der Waals surface area contributed by atoms with Gasteiger partial charge in [-0.2, -0.15) is 4.98 Å².